The van der Waals surface area contributed by atoms with Crippen molar-refractivity contribution in [2.75, 3.05) is 33.3 Å². The summed E-state index contributed by atoms with van der Waals surface area (Å²) in [5.41, 5.74) is 21.8. The summed E-state index contributed by atoms with van der Waals surface area (Å²) in [6, 6.07) is 27.0. The average molecular weight is 3430 g/mol. The molecule has 0 unspecified atom stereocenters. The van der Waals surface area contributed by atoms with Crippen molar-refractivity contribution in [1.29, 1.82) is 0 Å². The molecule has 0 nitrogen and oxygen atoms in total. The van der Waals surface area contributed by atoms with Crippen LogP contribution < -0.4 is 0 Å². The van der Waals surface area contributed by atoms with Crippen molar-refractivity contribution in [2.24, 2.45) is 11.3 Å². The minimum atomic E-state index is -0.929. The van der Waals surface area contributed by atoms with Crippen molar-refractivity contribution in [3.05, 3.63) is 345 Å². The largest absolute Gasteiger partial charge is 0 e. The van der Waals surface area contributed by atoms with Crippen molar-refractivity contribution >= 4 is 74.5 Å². The van der Waals surface area contributed by atoms with Gasteiger partial charge in [0.15, 0.2) is 0 Å². The standard InChI is InChI=1S/C13H17.C12H15.C11H13.C9H15.2C9H17.C8H13.C8H15.C7H13.C6H15P.C6H14P.2C6H11.C5H11Ge.C5H11Si.C3H5.2CH3.Sn.16Y/c1-9(2)12(5)13-10(3)7-6-8-11(13)4;1-10(2)11(3)9-12-7-5-4-6-8-12;1-9(2)10(3)11-7-5-4-6-8-11;1-8(2)9-6-4-3-5-7-9;1-7(2)8(3)9(4,5)6;1-5-6-7-9(4)8(2)3;1-7(2)8-5-3-4-6-8;1-6(2)8(5)7(3)4;1-5-7(4)6(2)3;2*1-6(2)7(3,4)5;4*1-5(2)6(3)4;1-3-2;;;;;;;;;;;;;;;;;;;/h6-8H,5H2,1-4H3;4-8H,3,9H2,1-2H3;4-8H,3H2,1-2H3;1,3-7H2,2H3;3H2,1-2,4-6H3;4-7H2,1-3H3;1,3-6H2,2H3;6H,5H2,1-4H3;4-5H2,1-3H3;7H,1H2,2-5H3;3H2,1-2,4-5H3;4*1H2,2-4H3;1H2,2H3;2*1H3;;;;;;;;;;;;;;;;;/q9*-1;;3*-1;;;;;;;;;;;;;;;;;;;;;;. The maximum atomic E-state index is 4.11. The fraction of sp³-hybridized carbons (Fsp3) is 0.512. The maximum absolute atomic E-state index is 4.11. The van der Waals surface area contributed by atoms with Crippen LogP contribution in [-0.2, 0) is 530 Å². The monoisotopic (exact) mass is 3430 g/mol. The first-order valence-electron chi connectivity index (χ1n) is 48.0. The van der Waals surface area contributed by atoms with E-state index in [9.17, 15) is 0 Å². The van der Waals surface area contributed by atoms with Crippen molar-refractivity contribution in [2.45, 2.75) is 381 Å². The minimum Gasteiger partial charge on any atom is 0 e. The van der Waals surface area contributed by atoms with Gasteiger partial charge in [0.1, 0.15) is 0 Å². The quantitative estimate of drug-likeness (QED) is 0.0451. The number of benzene rings is 3. The molecular weight excluding hydrogens is 3210 g/mol. The molecule has 21 heteroatoms. The summed E-state index contributed by atoms with van der Waals surface area (Å²) < 4.78 is 2.88. The second-order valence-electron chi connectivity index (χ2n) is 41.0. The van der Waals surface area contributed by atoms with Crippen molar-refractivity contribution in [3.63, 3.8) is 0 Å². The molecule has 0 saturated heterocycles. The van der Waals surface area contributed by atoms with Crippen molar-refractivity contribution < 1.29 is 523 Å². The van der Waals surface area contributed by atoms with Crippen LogP contribution in [0.5, 0.6) is 0 Å². The van der Waals surface area contributed by atoms with Gasteiger partial charge in [-0.2, -0.15) is 50.0 Å². The van der Waals surface area contributed by atoms with Crippen LogP contribution in [0.1, 0.15) is 354 Å². The number of unbranched alkanes of at least 4 members (excludes halogenated alkanes) is 1. The fourth-order valence-electron chi connectivity index (χ4n) is 8.44. The molecule has 0 N–H and O–H groups in total. The number of hydrogen-bond donors (Lipinski definition) is 0. The van der Waals surface area contributed by atoms with E-state index in [1.165, 1.54) is 232 Å². The van der Waals surface area contributed by atoms with Gasteiger partial charge in [-0.25, -0.2) is 170 Å². The van der Waals surface area contributed by atoms with Crippen LogP contribution >= 0.6 is 14.1 Å². The van der Waals surface area contributed by atoms with Crippen LogP contribution in [0, 0.1) is 95.9 Å². The van der Waals surface area contributed by atoms with E-state index in [0.717, 1.165) is 24.0 Å². The van der Waals surface area contributed by atoms with Crippen LogP contribution in [0.15, 0.2) is 246 Å². The molecule has 0 aliphatic heterocycles. The van der Waals surface area contributed by atoms with Gasteiger partial charge in [-0.15, -0.1) is 133 Å². The predicted molar refractivity (Wildman–Crippen MR) is 637 cm³/mol. The summed E-state index contributed by atoms with van der Waals surface area (Å²) in [4.78, 5) is 4.68. The molecule has 0 bridgehead atoms. The van der Waals surface area contributed by atoms with Gasteiger partial charge in [0.2, 0.25) is 0 Å². The summed E-state index contributed by atoms with van der Waals surface area (Å²) in [7, 11) is -1.08. The predicted octanol–water partition coefficient (Wildman–Crippen LogP) is 42.7. The van der Waals surface area contributed by atoms with E-state index in [1.807, 2.05) is 38.1 Å². The molecule has 19 radical (unpaired) electrons. The Morgan fingerprint density at radius 2 is 0.699 bits per heavy atom. The summed E-state index contributed by atoms with van der Waals surface area (Å²) >= 11 is -1.55. The minimum absolute atomic E-state index is 0. The van der Waals surface area contributed by atoms with Crippen LogP contribution in [0.25, 0.3) is 11.1 Å². The molecule has 801 valence electrons. The smallest absolute Gasteiger partial charge is 0 e. The summed E-state index contributed by atoms with van der Waals surface area (Å²) in [6.07, 6.45) is 22.1. The molecule has 0 atom stereocenters. The molecule has 0 spiro atoms. The third-order valence-corrected chi connectivity index (χ3v) is 37.4. The van der Waals surface area contributed by atoms with E-state index >= 15 is 0 Å². The molecule has 0 amide bonds. The van der Waals surface area contributed by atoms with E-state index in [4.69, 9.17) is 0 Å². The molecule has 146 heavy (non-hydrogen) atoms. The zero-order valence-electron chi connectivity index (χ0n) is 105. The molecule has 5 rings (SSSR count). The molecule has 2 aliphatic rings. The van der Waals surface area contributed by atoms with Gasteiger partial charge in [0.25, 0.3) is 0 Å². The second kappa shape index (κ2) is 141. The molecule has 2 fully saturated rings. The number of allylic oxidation sites excluding steroid dienone is 15. The number of aryl methyl sites for hydroxylation is 2. The van der Waals surface area contributed by atoms with Gasteiger partial charge >= 0.3 is 137 Å². The first kappa shape index (κ1) is 227. The van der Waals surface area contributed by atoms with Crippen LogP contribution in [0.2, 0.25) is 34.5 Å². The third kappa shape index (κ3) is 160. The second-order valence-corrected chi connectivity index (χ2v) is 67.6. The van der Waals surface area contributed by atoms with Crippen molar-refractivity contribution in [1.82, 2.24) is 0 Å². The van der Waals surface area contributed by atoms with Gasteiger partial charge in [0, 0.05) is 523 Å². The Hall–Kier alpha value is 12.3. The van der Waals surface area contributed by atoms with Gasteiger partial charge < -0.3 is 0 Å². The van der Waals surface area contributed by atoms with E-state index in [1.54, 1.807) is 11.8 Å². The number of rotatable bonds is 25. The van der Waals surface area contributed by atoms with Gasteiger partial charge in [0.05, 0.1) is 8.80 Å². The molecule has 3 aromatic carbocycles. The Labute approximate surface area is 1340 Å². The Kier molecular flexibility index (Phi) is 219. The average Bonchev–Trinajstić information content (AvgIpc) is 0.919. The molecule has 3 aromatic rings. The van der Waals surface area contributed by atoms with E-state index in [-0.39, 0.29) is 538 Å². The Bertz CT molecular complexity index is 3500. The fourth-order valence-corrected chi connectivity index (χ4v) is 8.44. The Morgan fingerprint density at radius 1 is 0.432 bits per heavy atom. The van der Waals surface area contributed by atoms with Gasteiger partial charge in [-0.1, -0.05) is 317 Å². The molecule has 2 aliphatic carbocycles. The summed E-state index contributed by atoms with van der Waals surface area (Å²) in [6.45, 7) is 152. The maximum Gasteiger partial charge on any atom is 0 e. The van der Waals surface area contributed by atoms with Gasteiger partial charge in [-0.3, -0.25) is 5.66 Å². The zero-order valence-corrected chi connectivity index (χ0v) is 159. The van der Waals surface area contributed by atoms with Crippen LogP contribution in [0.4, 0.5) is 0 Å². The van der Waals surface area contributed by atoms with Crippen LogP contribution in [-0.4, -0.2) is 82.5 Å². The van der Waals surface area contributed by atoms with E-state index < -0.39 is 48.3 Å². The summed E-state index contributed by atoms with van der Waals surface area (Å²) in [5.74, 6) is 20.4. The molecule has 2 saturated carbocycles. The molecule has 0 aromatic heterocycles. The topological polar surface area (TPSA) is 0 Å². The Balaban J connectivity index is -0.0000000413. The normalized spacial score (nSPS) is 9.90. The molecule has 0 heterocycles. The van der Waals surface area contributed by atoms with E-state index in [2.05, 4.69) is 470 Å². The first-order chi connectivity index (χ1) is 58.9. The third-order valence-electron chi connectivity index (χ3n) is 22.2. The molecular formula is C125H219GeP2SiSnY16-12. The SMILES string of the molecule is C=C(C)[C-](C)C.C=C(C)[C-](C)C.C=C(C)[C-]1CCCC1.C=C(C)[C-]1CCCCC1.C=C(C)[PH](C)(C)C.C=C(C)[Si](C)C.C=C(CC)[C-](C)C.C=C(CCCC)[C-](C)C.C=C(Cc1ccccc1)[C-](C)C.C=C([C-](C)C)C(C)(C)C.C=C([C-](C)C)C(C)C.C=C(c1c(C)cccc1C)[C-](C)C.C=C(c1ccccc1)[C-](C)C.C=P(C)(C)[C-](C)C.C=[C](C)[Ge]([CH3])[CH3].C=[C](C)[Sn]([CH3])[CH3].[Y].[Y].[Y].[Y].[Y].[Y].[Y].[Y].[Y].[Y].[Y].[Y].[Y].[Y].[Y].[Y]. The van der Waals surface area contributed by atoms with E-state index in [0.29, 0.717) is 5.92 Å². The van der Waals surface area contributed by atoms with Gasteiger partial charge in [-0.05, 0) is 24.3 Å². The van der Waals surface area contributed by atoms with Crippen molar-refractivity contribution in [3.8, 4) is 0 Å². The Morgan fingerprint density at radius 3 is 0.849 bits per heavy atom. The zero-order chi connectivity index (χ0) is 105. The first-order valence-corrected chi connectivity index (χ1v) is 69.2. The van der Waals surface area contributed by atoms with Crippen LogP contribution in [0.3, 0.4) is 0 Å². The summed E-state index contributed by atoms with van der Waals surface area (Å²) in [5, 5.41) is 2.74. The number of hydrogen-bond acceptors (Lipinski definition) is 0.